The summed E-state index contributed by atoms with van der Waals surface area (Å²) in [6.45, 7) is 3.14. The molecule has 2 aromatic carbocycles. The molecule has 1 atom stereocenters. The van der Waals surface area contributed by atoms with Gasteiger partial charge < -0.3 is 4.90 Å². The minimum absolute atomic E-state index is 0.0387. The van der Waals surface area contributed by atoms with E-state index in [1.54, 1.807) is 24.5 Å². The van der Waals surface area contributed by atoms with E-state index in [0.717, 1.165) is 16.7 Å². The van der Waals surface area contributed by atoms with Gasteiger partial charge in [0, 0.05) is 25.5 Å². The van der Waals surface area contributed by atoms with E-state index in [4.69, 9.17) is 0 Å². The third-order valence-corrected chi connectivity index (χ3v) is 4.64. The number of halogens is 1. The fraction of sp³-hybridized carbons (Fsp3) is 0.217. The van der Waals surface area contributed by atoms with Gasteiger partial charge in [0.15, 0.2) is 0 Å². The summed E-state index contributed by atoms with van der Waals surface area (Å²) in [5.41, 5.74) is 2.89. The van der Waals surface area contributed by atoms with Crippen LogP contribution in [-0.2, 0) is 17.8 Å². The van der Waals surface area contributed by atoms with E-state index in [-0.39, 0.29) is 17.6 Å². The maximum Gasteiger partial charge on any atom is 0.230 e. The monoisotopic (exact) mass is 362 g/mol. The summed E-state index contributed by atoms with van der Waals surface area (Å²) in [6, 6.07) is 20.0. The standard InChI is InChI=1S/C23H23FN2O/c1-2-26(17-18-7-4-3-5-8-18)23(27)22(15-19-9-6-14-25-16-19)20-10-12-21(24)13-11-20/h3-14,16,22H,2,15,17H2,1H3. The normalized spacial score (nSPS) is 11.8. The number of amides is 1. The van der Waals surface area contributed by atoms with Gasteiger partial charge in [0.25, 0.3) is 0 Å². The molecule has 3 rings (SSSR count). The number of hydrogen-bond acceptors (Lipinski definition) is 2. The summed E-state index contributed by atoms with van der Waals surface area (Å²) in [6.07, 6.45) is 4.02. The third kappa shape index (κ3) is 5.00. The van der Waals surface area contributed by atoms with Gasteiger partial charge in [-0.3, -0.25) is 9.78 Å². The number of carbonyl (C=O) groups excluding carboxylic acids is 1. The summed E-state index contributed by atoms with van der Waals surface area (Å²) in [7, 11) is 0. The Morgan fingerprint density at radius 2 is 1.70 bits per heavy atom. The molecule has 0 radical (unpaired) electrons. The number of pyridine rings is 1. The lowest BCUT2D eigenvalue weighted by Gasteiger charge is -2.27. The van der Waals surface area contributed by atoms with Crippen molar-refractivity contribution in [1.29, 1.82) is 0 Å². The van der Waals surface area contributed by atoms with Crippen molar-refractivity contribution < 1.29 is 9.18 Å². The van der Waals surface area contributed by atoms with Gasteiger partial charge in [0.2, 0.25) is 5.91 Å². The van der Waals surface area contributed by atoms with Crippen LogP contribution in [-0.4, -0.2) is 22.3 Å². The maximum atomic E-state index is 13.4. The lowest BCUT2D eigenvalue weighted by Crippen LogP contribution is -2.35. The maximum absolute atomic E-state index is 13.4. The van der Waals surface area contributed by atoms with Gasteiger partial charge in [0.1, 0.15) is 5.82 Å². The first-order valence-corrected chi connectivity index (χ1v) is 9.14. The summed E-state index contributed by atoms with van der Waals surface area (Å²) in [4.78, 5) is 19.4. The number of benzene rings is 2. The quantitative estimate of drug-likeness (QED) is 0.616. The molecular formula is C23H23FN2O. The van der Waals surface area contributed by atoms with Crippen LogP contribution in [0.15, 0.2) is 79.1 Å². The lowest BCUT2D eigenvalue weighted by atomic mass is 9.91. The van der Waals surface area contributed by atoms with Crippen LogP contribution >= 0.6 is 0 Å². The Labute approximate surface area is 159 Å². The molecule has 0 aliphatic heterocycles. The summed E-state index contributed by atoms with van der Waals surface area (Å²) >= 11 is 0. The molecule has 1 unspecified atom stereocenters. The van der Waals surface area contributed by atoms with Gasteiger partial charge in [-0.1, -0.05) is 48.5 Å². The molecule has 0 saturated carbocycles. The number of aromatic nitrogens is 1. The zero-order valence-electron chi connectivity index (χ0n) is 15.4. The van der Waals surface area contributed by atoms with Gasteiger partial charge in [-0.2, -0.15) is 0 Å². The molecule has 0 spiro atoms. The highest BCUT2D eigenvalue weighted by Gasteiger charge is 2.26. The highest BCUT2D eigenvalue weighted by Crippen LogP contribution is 2.24. The van der Waals surface area contributed by atoms with Crippen molar-refractivity contribution in [2.45, 2.75) is 25.8 Å². The van der Waals surface area contributed by atoms with Crippen LogP contribution in [0, 0.1) is 5.82 Å². The Morgan fingerprint density at radius 3 is 2.33 bits per heavy atom. The second kappa shape index (κ2) is 9.08. The van der Waals surface area contributed by atoms with Crippen molar-refractivity contribution >= 4 is 5.91 Å². The summed E-state index contributed by atoms with van der Waals surface area (Å²) in [5.74, 6) is -0.641. The molecular weight excluding hydrogens is 339 g/mol. The van der Waals surface area contributed by atoms with E-state index < -0.39 is 0 Å². The lowest BCUT2D eigenvalue weighted by molar-refractivity contribution is -0.133. The molecule has 1 amide bonds. The van der Waals surface area contributed by atoms with Crippen LogP contribution in [0.1, 0.15) is 29.5 Å². The largest absolute Gasteiger partial charge is 0.338 e. The Bertz CT molecular complexity index is 851. The van der Waals surface area contributed by atoms with Crippen molar-refractivity contribution in [2.75, 3.05) is 6.54 Å². The van der Waals surface area contributed by atoms with Gasteiger partial charge in [-0.25, -0.2) is 4.39 Å². The molecule has 0 saturated heterocycles. The van der Waals surface area contributed by atoms with E-state index >= 15 is 0 Å². The highest BCUT2D eigenvalue weighted by molar-refractivity contribution is 5.84. The number of carbonyl (C=O) groups is 1. The van der Waals surface area contributed by atoms with Crippen LogP contribution in [0.5, 0.6) is 0 Å². The highest BCUT2D eigenvalue weighted by atomic mass is 19.1. The molecule has 1 heterocycles. The molecule has 0 aliphatic carbocycles. The molecule has 0 bridgehead atoms. The van der Waals surface area contributed by atoms with Gasteiger partial charge in [-0.05, 0) is 48.2 Å². The zero-order valence-corrected chi connectivity index (χ0v) is 15.4. The van der Waals surface area contributed by atoms with Crippen molar-refractivity contribution in [1.82, 2.24) is 9.88 Å². The van der Waals surface area contributed by atoms with E-state index in [1.165, 1.54) is 12.1 Å². The van der Waals surface area contributed by atoms with Crippen molar-refractivity contribution in [3.63, 3.8) is 0 Å². The number of rotatable bonds is 7. The molecule has 138 valence electrons. The molecule has 0 aliphatic rings. The summed E-state index contributed by atoms with van der Waals surface area (Å²) < 4.78 is 13.4. The van der Waals surface area contributed by atoms with Gasteiger partial charge in [0.05, 0.1) is 5.92 Å². The van der Waals surface area contributed by atoms with Gasteiger partial charge in [-0.15, -0.1) is 0 Å². The fourth-order valence-corrected chi connectivity index (χ4v) is 3.17. The second-order valence-electron chi connectivity index (χ2n) is 6.51. The van der Waals surface area contributed by atoms with E-state index in [0.29, 0.717) is 19.5 Å². The first kappa shape index (κ1) is 18.8. The zero-order chi connectivity index (χ0) is 19.1. The average molecular weight is 362 g/mol. The number of hydrogen-bond donors (Lipinski definition) is 0. The fourth-order valence-electron chi connectivity index (χ4n) is 3.17. The Morgan fingerprint density at radius 1 is 1.00 bits per heavy atom. The van der Waals surface area contributed by atoms with E-state index in [9.17, 15) is 9.18 Å². The predicted octanol–water partition coefficient (Wildman–Crippen LogP) is 4.60. The third-order valence-electron chi connectivity index (χ3n) is 4.64. The Balaban J connectivity index is 1.87. The molecule has 0 N–H and O–H groups in total. The van der Waals surface area contributed by atoms with Crippen molar-refractivity contribution in [2.24, 2.45) is 0 Å². The minimum Gasteiger partial charge on any atom is -0.338 e. The number of nitrogens with zero attached hydrogens (tertiary/aromatic N) is 2. The molecule has 3 nitrogen and oxygen atoms in total. The second-order valence-corrected chi connectivity index (χ2v) is 6.51. The molecule has 1 aromatic heterocycles. The predicted molar refractivity (Wildman–Crippen MR) is 105 cm³/mol. The van der Waals surface area contributed by atoms with Crippen LogP contribution in [0.4, 0.5) is 4.39 Å². The van der Waals surface area contributed by atoms with Crippen molar-refractivity contribution in [3.8, 4) is 0 Å². The molecule has 27 heavy (non-hydrogen) atoms. The topological polar surface area (TPSA) is 33.2 Å². The smallest absolute Gasteiger partial charge is 0.230 e. The molecule has 0 fully saturated rings. The van der Waals surface area contributed by atoms with Crippen LogP contribution in [0.3, 0.4) is 0 Å². The van der Waals surface area contributed by atoms with Crippen LogP contribution in [0.2, 0.25) is 0 Å². The van der Waals surface area contributed by atoms with Crippen LogP contribution < -0.4 is 0 Å². The summed E-state index contributed by atoms with van der Waals surface area (Å²) in [5, 5.41) is 0. The minimum atomic E-state index is -0.376. The molecule has 4 heteroatoms. The van der Waals surface area contributed by atoms with Gasteiger partial charge >= 0.3 is 0 Å². The number of likely N-dealkylation sites (N-methyl/N-ethyl adjacent to an activating group) is 1. The first-order valence-electron chi connectivity index (χ1n) is 9.14. The average Bonchev–Trinajstić information content (AvgIpc) is 2.72. The molecule has 3 aromatic rings. The SMILES string of the molecule is CCN(Cc1ccccc1)C(=O)C(Cc1cccnc1)c1ccc(F)cc1. The van der Waals surface area contributed by atoms with Crippen LogP contribution in [0.25, 0.3) is 0 Å². The van der Waals surface area contributed by atoms with Crippen molar-refractivity contribution in [3.05, 3.63) is 102 Å². The first-order chi connectivity index (χ1) is 13.2. The van der Waals surface area contributed by atoms with E-state index in [2.05, 4.69) is 4.98 Å². The van der Waals surface area contributed by atoms with E-state index in [1.807, 2.05) is 54.3 Å². The Hall–Kier alpha value is -3.01. The Kier molecular flexibility index (Phi) is 6.31.